The van der Waals surface area contributed by atoms with Crippen molar-refractivity contribution in [1.82, 2.24) is 0 Å². The van der Waals surface area contributed by atoms with Crippen LogP contribution in [0.15, 0.2) is 0 Å². The second-order valence-electron chi connectivity index (χ2n) is 5.03. The lowest BCUT2D eigenvalue weighted by Crippen LogP contribution is -2.65. The van der Waals surface area contributed by atoms with E-state index in [0.717, 1.165) is 6.42 Å². The van der Waals surface area contributed by atoms with Crippen LogP contribution in [0.1, 0.15) is 25.7 Å². The fourth-order valence-electron chi connectivity index (χ4n) is 2.97. The van der Waals surface area contributed by atoms with Gasteiger partial charge < -0.3 is 19.3 Å². The summed E-state index contributed by atoms with van der Waals surface area (Å²) in [5.74, 6) is -0.348. The second-order valence-corrected chi connectivity index (χ2v) is 5.03. The SMILES string of the molecule is COC(=O)C1(C2(O)CCCOC2)CC(OC)C1. The Kier molecular flexibility index (Phi) is 3.43. The molecule has 2 aliphatic rings. The molecule has 17 heavy (non-hydrogen) atoms. The lowest BCUT2D eigenvalue weighted by molar-refractivity contribution is -0.231. The summed E-state index contributed by atoms with van der Waals surface area (Å²) >= 11 is 0. The van der Waals surface area contributed by atoms with Gasteiger partial charge in [-0.2, -0.15) is 0 Å². The average molecular weight is 244 g/mol. The maximum absolute atomic E-state index is 12.0. The molecular weight excluding hydrogens is 224 g/mol. The van der Waals surface area contributed by atoms with Crippen LogP contribution in [-0.4, -0.2) is 50.2 Å². The van der Waals surface area contributed by atoms with Gasteiger partial charge in [-0.1, -0.05) is 0 Å². The molecule has 5 heteroatoms. The molecule has 1 unspecified atom stereocenters. The molecule has 0 aromatic carbocycles. The number of esters is 1. The number of methoxy groups -OCH3 is 2. The van der Waals surface area contributed by atoms with Gasteiger partial charge in [-0.15, -0.1) is 0 Å². The van der Waals surface area contributed by atoms with Crippen molar-refractivity contribution in [1.29, 1.82) is 0 Å². The van der Waals surface area contributed by atoms with Crippen molar-refractivity contribution in [2.24, 2.45) is 5.41 Å². The highest BCUT2D eigenvalue weighted by atomic mass is 16.5. The molecule has 0 radical (unpaired) electrons. The molecule has 0 aromatic heterocycles. The van der Waals surface area contributed by atoms with Crippen molar-refractivity contribution in [2.75, 3.05) is 27.4 Å². The zero-order valence-corrected chi connectivity index (χ0v) is 10.4. The molecule has 1 saturated carbocycles. The van der Waals surface area contributed by atoms with Gasteiger partial charge in [0.15, 0.2) is 0 Å². The number of rotatable bonds is 3. The number of aliphatic hydroxyl groups is 1. The lowest BCUT2D eigenvalue weighted by atomic mass is 9.55. The topological polar surface area (TPSA) is 65.0 Å². The van der Waals surface area contributed by atoms with E-state index < -0.39 is 11.0 Å². The standard InChI is InChI=1S/C12H20O5/c1-15-9-6-11(7-9,10(13)16-2)12(14)4-3-5-17-8-12/h9,14H,3-8H2,1-2H3. The summed E-state index contributed by atoms with van der Waals surface area (Å²) in [6, 6.07) is 0. The van der Waals surface area contributed by atoms with E-state index in [1.165, 1.54) is 7.11 Å². The van der Waals surface area contributed by atoms with Crippen LogP contribution in [0.2, 0.25) is 0 Å². The highest BCUT2D eigenvalue weighted by Gasteiger charge is 2.64. The zero-order chi connectivity index (χ0) is 12.5. The molecule has 1 saturated heterocycles. The molecule has 98 valence electrons. The first-order chi connectivity index (χ1) is 8.08. The summed E-state index contributed by atoms with van der Waals surface area (Å²) in [5.41, 5.74) is -1.95. The average Bonchev–Trinajstić information content (AvgIpc) is 2.28. The van der Waals surface area contributed by atoms with E-state index in [9.17, 15) is 9.90 Å². The third-order valence-electron chi connectivity index (χ3n) is 4.17. The summed E-state index contributed by atoms with van der Waals surface area (Å²) in [4.78, 5) is 12.0. The van der Waals surface area contributed by atoms with E-state index >= 15 is 0 Å². The first-order valence-electron chi connectivity index (χ1n) is 5.99. The Morgan fingerprint density at radius 3 is 2.59 bits per heavy atom. The Labute approximate surface area is 101 Å². The maximum Gasteiger partial charge on any atom is 0.315 e. The van der Waals surface area contributed by atoms with E-state index in [4.69, 9.17) is 14.2 Å². The van der Waals surface area contributed by atoms with E-state index in [1.807, 2.05) is 0 Å². The smallest absolute Gasteiger partial charge is 0.315 e. The minimum absolute atomic E-state index is 0.0278. The van der Waals surface area contributed by atoms with Gasteiger partial charge in [0.2, 0.25) is 0 Å². The summed E-state index contributed by atoms with van der Waals surface area (Å²) in [6.07, 6.45) is 2.40. The van der Waals surface area contributed by atoms with E-state index in [1.54, 1.807) is 7.11 Å². The Morgan fingerprint density at radius 2 is 2.12 bits per heavy atom. The summed E-state index contributed by atoms with van der Waals surface area (Å²) in [7, 11) is 2.98. The van der Waals surface area contributed by atoms with Crippen molar-refractivity contribution < 1.29 is 24.1 Å². The largest absolute Gasteiger partial charge is 0.469 e. The van der Waals surface area contributed by atoms with Crippen molar-refractivity contribution in [3.63, 3.8) is 0 Å². The summed E-state index contributed by atoms with van der Waals surface area (Å²) < 4.78 is 15.4. The molecule has 1 atom stereocenters. The first kappa shape index (κ1) is 12.8. The van der Waals surface area contributed by atoms with Gasteiger partial charge in [0, 0.05) is 13.7 Å². The molecule has 1 aliphatic heterocycles. The van der Waals surface area contributed by atoms with E-state index in [0.29, 0.717) is 25.9 Å². The van der Waals surface area contributed by atoms with Gasteiger partial charge >= 0.3 is 5.97 Å². The van der Waals surface area contributed by atoms with Crippen LogP contribution in [0.4, 0.5) is 0 Å². The Hall–Kier alpha value is -0.650. The summed E-state index contributed by atoms with van der Waals surface area (Å²) in [6.45, 7) is 0.853. The van der Waals surface area contributed by atoms with Crippen LogP contribution >= 0.6 is 0 Å². The molecule has 1 heterocycles. The number of carbonyl (C=O) groups is 1. The van der Waals surface area contributed by atoms with Crippen molar-refractivity contribution in [3.05, 3.63) is 0 Å². The molecular formula is C12H20O5. The molecule has 0 aromatic rings. The van der Waals surface area contributed by atoms with E-state index in [-0.39, 0.29) is 18.7 Å². The van der Waals surface area contributed by atoms with Crippen LogP contribution in [0.5, 0.6) is 0 Å². The minimum Gasteiger partial charge on any atom is -0.469 e. The monoisotopic (exact) mass is 244 g/mol. The predicted molar refractivity (Wildman–Crippen MR) is 59.5 cm³/mol. The van der Waals surface area contributed by atoms with Crippen molar-refractivity contribution in [3.8, 4) is 0 Å². The van der Waals surface area contributed by atoms with Crippen molar-refractivity contribution >= 4 is 5.97 Å². The first-order valence-corrected chi connectivity index (χ1v) is 5.99. The molecule has 1 N–H and O–H groups in total. The highest BCUT2D eigenvalue weighted by Crippen LogP contribution is 2.53. The van der Waals surface area contributed by atoms with Gasteiger partial charge in [-0.05, 0) is 25.7 Å². The number of hydrogen-bond acceptors (Lipinski definition) is 5. The van der Waals surface area contributed by atoms with E-state index in [2.05, 4.69) is 0 Å². The van der Waals surface area contributed by atoms with Crippen LogP contribution in [0.25, 0.3) is 0 Å². The van der Waals surface area contributed by atoms with Crippen LogP contribution in [0, 0.1) is 5.41 Å². The van der Waals surface area contributed by atoms with Crippen molar-refractivity contribution in [2.45, 2.75) is 37.4 Å². The normalized spacial score (nSPS) is 41.7. The van der Waals surface area contributed by atoms with Crippen LogP contribution in [0.3, 0.4) is 0 Å². The highest BCUT2D eigenvalue weighted by molar-refractivity contribution is 5.80. The molecule has 5 nitrogen and oxygen atoms in total. The van der Waals surface area contributed by atoms with Gasteiger partial charge in [0.25, 0.3) is 0 Å². The third kappa shape index (κ3) is 1.86. The van der Waals surface area contributed by atoms with Gasteiger partial charge in [0.05, 0.1) is 19.8 Å². The van der Waals surface area contributed by atoms with Crippen LogP contribution in [-0.2, 0) is 19.0 Å². The Balaban J connectivity index is 2.19. The fourth-order valence-corrected chi connectivity index (χ4v) is 2.97. The second kappa shape index (κ2) is 4.55. The minimum atomic E-state index is -1.10. The number of ether oxygens (including phenoxy) is 3. The predicted octanol–water partition coefficient (Wildman–Crippen LogP) is 0.496. The third-order valence-corrected chi connectivity index (χ3v) is 4.17. The molecule has 1 aliphatic carbocycles. The zero-order valence-electron chi connectivity index (χ0n) is 10.4. The van der Waals surface area contributed by atoms with Gasteiger partial charge in [-0.3, -0.25) is 4.79 Å². The molecule has 0 amide bonds. The van der Waals surface area contributed by atoms with Gasteiger partial charge in [-0.25, -0.2) is 0 Å². The molecule has 0 bridgehead atoms. The van der Waals surface area contributed by atoms with Crippen LogP contribution < -0.4 is 0 Å². The Morgan fingerprint density at radius 1 is 1.41 bits per heavy atom. The Bertz CT molecular complexity index is 289. The fraction of sp³-hybridized carbons (Fsp3) is 0.917. The molecule has 2 fully saturated rings. The molecule has 2 rings (SSSR count). The molecule has 0 spiro atoms. The number of hydrogen-bond donors (Lipinski definition) is 1. The lowest BCUT2D eigenvalue weighted by Gasteiger charge is -2.54. The summed E-state index contributed by atoms with van der Waals surface area (Å²) in [5, 5.41) is 10.7. The van der Waals surface area contributed by atoms with Gasteiger partial charge in [0.1, 0.15) is 11.0 Å². The quantitative estimate of drug-likeness (QED) is 0.732. The maximum atomic E-state index is 12.0. The number of carbonyl (C=O) groups excluding carboxylic acids is 1.